The summed E-state index contributed by atoms with van der Waals surface area (Å²) in [6.45, 7) is 4.50. The molecule has 162 valence electrons. The Morgan fingerprint density at radius 2 is 1.72 bits per heavy atom. The quantitative estimate of drug-likeness (QED) is 0.583. The highest BCUT2D eigenvalue weighted by Crippen LogP contribution is 2.31. The molecule has 0 bridgehead atoms. The van der Waals surface area contributed by atoms with Gasteiger partial charge in [-0.15, -0.1) is 0 Å². The predicted molar refractivity (Wildman–Crippen MR) is 116 cm³/mol. The maximum atomic E-state index is 13.2. The molecule has 1 fully saturated rings. The number of nitrogens with zero attached hydrogens (tertiary/aromatic N) is 3. The van der Waals surface area contributed by atoms with Crippen molar-refractivity contribution in [1.82, 2.24) is 10.2 Å². The average molecular weight is 432 g/mol. The van der Waals surface area contributed by atoms with E-state index in [4.69, 9.17) is 4.74 Å². The van der Waals surface area contributed by atoms with Gasteiger partial charge in [-0.3, -0.25) is 9.59 Å². The number of hydrogen-bond acceptors (Lipinski definition) is 5. The fourth-order valence-corrected chi connectivity index (χ4v) is 3.90. The molecule has 2 amide bonds. The second-order valence-corrected chi connectivity index (χ2v) is 7.77. The lowest BCUT2D eigenvalue weighted by molar-refractivity contribution is -0.138. The lowest BCUT2D eigenvalue weighted by Gasteiger charge is -2.35. The number of hydrogen-bond donors (Lipinski definition) is 1. The van der Waals surface area contributed by atoms with Gasteiger partial charge in [0.1, 0.15) is 23.3 Å². The van der Waals surface area contributed by atoms with E-state index in [1.54, 1.807) is 29.2 Å². The molecule has 7 nitrogen and oxygen atoms in total. The van der Waals surface area contributed by atoms with Crippen molar-refractivity contribution in [3.63, 3.8) is 0 Å². The maximum Gasteiger partial charge on any atom is 0.266 e. The van der Waals surface area contributed by atoms with Crippen molar-refractivity contribution >= 4 is 23.3 Å². The number of rotatable bonds is 2. The van der Waals surface area contributed by atoms with Crippen molar-refractivity contribution in [1.29, 1.82) is 5.26 Å². The molecule has 2 aromatic rings. The molecular weight excluding hydrogens is 411 g/mol. The smallest absolute Gasteiger partial charge is 0.266 e. The van der Waals surface area contributed by atoms with E-state index >= 15 is 0 Å². The third kappa shape index (κ3) is 4.15. The molecule has 2 aliphatic rings. The zero-order valence-corrected chi connectivity index (χ0v) is 17.6. The van der Waals surface area contributed by atoms with E-state index in [0.29, 0.717) is 24.2 Å². The summed E-state index contributed by atoms with van der Waals surface area (Å²) >= 11 is 0. The summed E-state index contributed by atoms with van der Waals surface area (Å²) in [5, 5.41) is 12.6. The molecule has 0 aliphatic carbocycles. The monoisotopic (exact) mass is 432 g/mol. The molecule has 2 aromatic carbocycles. The minimum atomic E-state index is -0.472. The van der Waals surface area contributed by atoms with Gasteiger partial charge in [-0.1, -0.05) is 24.3 Å². The molecule has 32 heavy (non-hydrogen) atoms. The predicted octanol–water partition coefficient (Wildman–Crippen LogP) is 2.89. The van der Waals surface area contributed by atoms with Gasteiger partial charge in [0, 0.05) is 29.8 Å². The highest BCUT2D eigenvalue weighted by molar-refractivity contribution is 6.20. The molecule has 0 unspecified atom stereocenters. The van der Waals surface area contributed by atoms with Crippen LogP contribution in [0.15, 0.2) is 59.1 Å². The number of halogens is 1. The number of benzene rings is 2. The zero-order chi connectivity index (χ0) is 22.8. The Morgan fingerprint density at radius 3 is 2.34 bits per heavy atom. The third-order valence-electron chi connectivity index (χ3n) is 5.27. The number of amidine groups is 1. The lowest BCUT2D eigenvalue weighted by atomic mass is 10.0. The normalized spacial score (nSPS) is 21.3. The fourth-order valence-electron chi connectivity index (χ4n) is 3.90. The molecule has 2 atom stereocenters. The highest BCUT2D eigenvalue weighted by atomic mass is 19.1. The maximum absolute atomic E-state index is 13.2. The summed E-state index contributed by atoms with van der Waals surface area (Å²) in [6, 6.07) is 14.2. The molecule has 4 rings (SSSR count). The Hall–Kier alpha value is -3.83. The van der Waals surface area contributed by atoms with Crippen LogP contribution in [-0.2, 0) is 9.53 Å². The number of morpholine rings is 1. The molecule has 1 saturated heterocycles. The molecule has 8 heteroatoms. The van der Waals surface area contributed by atoms with Crippen molar-refractivity contribution in [2.24, 2.45) is 4.99 Å². The van der Waals surface area contributed by atoms with Crippen LogP contribution in [0.25, 0.3) is 5.70 Å². The number of amides is 2. The van der Waals surface area contributed by atoms with Gasteiger partial charge in [-0.25, -0.2) is 9.38 Å². The molecular formula is C24H21FN4O3. The summed E-state index contributed by atoms with van der Waals surface area (Å²) in [5.74, 6) is -1.11. The number of nitrogens with one attached hydrogen (secondary N) is 1. The van der Waals surface area contributed by atoms with Gasteiger partial charge in [-0.2, -0.15) is 5.26 Å². The summed E-state index contributed by atoms with van der Waals surface area (Å²) in [5.41, 5.74) is 1.57. The van der Waals surface area contributed by atoms with Crippen LogP contribution < -0.4 is 5.32 Å². The second kappa shape index (κ2) is 8.73. The fraction of sp³-hybridized carbons (Fsp3) is 0.250. The number of nitriles is 1. The first-order chi connectivity index (χ1) is 15.4. The Balaban J connectivity index is 1.69. The van der Waals surface area contributed by atoms with Crippen molar-refractivity contribution < 1.29 is 18.7 Å². The van der Waals surface area contributed by atoms with Crippen LogP contribution in [0.3, 0.4) is 0 Å². The van der Waals surface area contributed by atoms with Crippen LogP contribution in [0.2, 0.25) is 0 Å². The van der Waals surface area contributed by atoms with Crippen molar-refractivity contribution in [2.75, 3.05) is 13.1 Å². The molecule has 2 aliphatic heterocycles. The van der Waals surface area contributed by atoms with Crippen molar-refractivity contribution in [3.05, 3.63) is 76.6 Å². The summed E-state index contributed by atoms with van der Waals surface area (Å²) < 4.78 is 18.9. The summed E-state index contributed by atoms with van der Waals surface area (Å²) in [7, 11) is 0. The van der Waals surface area contributed by atoms with Crippen LogP contribution in [-0.4, -0.2) is 47.8 Å². The Kier molecular flexibility index (Phi) is 5.84. The number of aliphatic imine (C=N–C) groups is 1. The number of carbonyl (C=O) groups is 2. The molecule has 0 saturated carbocycles. The first-order valence-electron chi connectivity index (χ1n) is 10.2. The van der Waals surface area contributed by atoms with E-state index in [1.165, 1.54) is 24.3 Å². The molecule has 0 radical (unpaired) electrons. The van der Waals surface area contributed by atoms with Gasteiger partial charge in [0.05, 0.1) is 17.9 Å². The standard InChI is InChI=1S/C24H21FN4O3/c1-14-12-29(13-15(2)32-14)24(31)20(11-26)21-18-5-3-4-6-19(18)22(27-21)28-23(30)16-7-9-17(25)10-8-16/h3-10,14-15H,12-13H2,1-2H3,(H,27,28,30)/b21-20-/t14-,15-/m0/s1. The van der Waals surface area contributed by atoms with Gasteiger partial charge in [-0.05, 0) is 38.1 Å². The van der Waals surface area contributed by atoms with Crippen molar-refractivity contribution in [3.8, 4) is 6.07 Å². The summed E-state index contributed by atoms with van der Waals surface area (Å²) in [4.78, 5) is 31.9. The highest BCUT2D eigenvalue weighted by Gasteiger charge is 2.32. The molecule has 0 aromatic heterocycles. The van der Waals surface area contributed by atoms with Gasteiger partial charge < -0.3 is 15.0 Å². The van der Waals surface area contributed by atoms with Gasteiger partial charge >= 0.3 is 0 Å². The van der Waals surface area contributed by atoms with Gasteiger partial charge in [0.15, 0.2) is 0 Å². The zero-order valence-electron chi connectivity index (χ0n) is 17.6. The van der Waals surface area contributed by atoms with Crippen LogP contribution in [0, 0.1) is 17.1 Å². The number of carbonyl (C=O) groups excluding carboxylic acids is 2. The van der Waals surface area contributed by atoms with E-state index < -0.39 is 17.6 Å². The SMILES string of the molecule is C[C@H]1CN(C(=O)/C(C#N)=C2\N=C(NC(=O)c3ccc(F)cc3)c3ccccc32)C[C@H](C)O1. The minimum Gasteiger partial charge on any atom is -0.372 e. The topological polar surface area (TPSA) is 94.8 Å². The first-order valence-corrected chi connectivity index (χ1v) is 10.2. The third-order valence-corrected chi connectivity index (χ3v) is 5.27. The Bertz CT molecular complexity index is 1170. The van der Waals surface area contributed by atoms with E-state index in [9.17, 15) is 19.2 Å². The molecule has 2 heterocycles. The van der Waals surface area contributed by atoms with Gasteiger partial charge in [0.2, 0.25) is 0 Å². The van der Waals surface area contributed by atoms with Crippen LogP contribution in [0.5, 0.6) is 0 Å². The Morgan fingerprint density at radius 1 is 1.09 bits per heavy atom. The Labute approximate surface area is 184 Å². The first kappa shape index (κ1) is 21.4. The van der Waals surface area contributed by atoms with Crippen molar-refractivity contribution in [2.45, 2.75) is 26.1 Å². The van der Waals surface area contributed by atoms with E-state index in [-0.39, 0.29) is 34.9 Å². The summed E-state index contributed by atoms with van der Waals surface area (Å²) in [6.07, 6.45) is -0.282. The van der Waals surface area contributed by atoms with Crippen LogP contribution in [0.4, 0.5) is 4.39 Å². The molecule has 1 N–H and O–H groups in total. The molecule has 0 spiro atoms. The van der Waals surface area contributed by atoms with Crippen LogP contribution >= 0.6 is 0 Å². The lowest BCUT2D eigenvalue weighted by Crippen LogP contribution is -2.48. The second-order valence-electron chi connectivity index (χ2n) is 7.77. The average Bonchev–Trinajstić information content (AvgIpc) is 3.12. The number of fused-ring (bicyclic) bond motifs is 1. The van der Waals surface area contributed by atoms with E-state index in [1.807, 2.05) is 19.9 Å². The largest absolute Gasteiger partial charge is 0.372 e. The number of ether oxygens (including phenoxy) is 1. The minimum absolute atomic E-state index is 0.0928. The van der Waals surface area contributed by atoms with E-state index in [0.717, 1.165) is 0 Å². The van der Waals surface area contributed by atoms with Gasteiger partial charge in [0.25, 0.3) is 11.8 Å². The van der Waals surface area contributed by atoms with E-state index in [2.05, 4.69) is 10.3 Å². The van der Waals surface area contributed by atoms with Crippen LogP contribution in [0.1, 0.15) is 35.3 Å².